The summed E-state index contributed by atoms with van der Waals surface area (Å²) >= 11 is 7.22. The van der Waals surface area contributed by atoms with E-state index in [-0.39, 0.29) is 53.6 Å². The number of thiophene rings is 1. The molecular formula is C16H12ClFNNaO3S. The van der Waals surface area contributed by atoms with E-state index >= 15 is 0 Å². The van der Waals surface area contributed by atoms with Gasteiger partial charge in [0, 0.05) is 12.0 Å². The van der Waals surface area contributed by atoms with Gasteiger partial charge in [-0.25, -0.2) is 4.39 Å². The first kappa shape index (κ1) is 19.1. The fraction of sp³-hybridized carbons (Fsp3) is 0.125. The molecule has 0 unspecified atom stereocenters. The Kier molecular flexibility index (Phi) is 6.60. The molecule has 0 atom stereocenters. The van der Waals surface area contributed by atoms with Crippen molar-refractivity contribution in [3.05, 3.63) is 46.6 Å². The fourth-order valence-electron chi connectivity index (χ4n) is 1.86. The standard InChI is InChI=1S/C16H11ClFNO3S.Na.H/c1-2-13(20)21-16-14(11-7-8-12(17)23-11)22-15(19-16)9-3-5-10(18)6-4-9;;/h3-8H,2H2,1H3;;. The third-order valence-electron chi connectivity index (χ3n) is 2.98. The number of hydrogen-bond acceptors (Lipinski definition) is 5. The number of nitrogens with zero attached hydrogens (tertiary/aromatic N) is 1. The molecule has 0 bridgehead atoms. The van der Waals surface area contributed by atoms with Gasteiger partial charge < -0.3 is 9.15 Å². The van der Waals surface area contributed by atoms with Crippen molar-refractivity contribution >= 4 is 58.5 Å². The number of benzene rings is 1. The van der Waals surface area contributed by atoms with Crippen LogP contribution in [0.1, 0.15) is 13.3 Å². The van der Waals surface area contributed by atoms with Gasteiger partial charge in [0.15, 0.2) is 0 Å². The maximum atomic E-state index is 13.0. The molecule has 2 heterocycles. The van der Waals surface area contributed by atoms with Crippen molar-refractivity contribution in [2.45, 2.75) is 13.3 Å². The summed E-state index contributed by atoms with van der Waals surface area (Å²) < 4.78 is 24.6. The molecule has 0 aliphatic carbocycles. The number of halogens is 2. The van der Waals surface area contributed by atoms with Crippen LogP contribution in [0.4, 0.5) is 4.39 Å². The molecule has 3 aromatic rings. The van der Waals surface area contributed by atoms with Gasteiger partial charge in [-0.1, -0.05) is 18.5 Å². The van der Waals surface area contributed by atoms with Crippen molar-refractivity contribution in [2.24, 2.45) is 0 Å². The molecule has 1 aromatic carbocycles. The van der Waals surface area contributed by atoms with Crippen LogP contribution < -0.4 is 4.74 Å². The Morgan fingerprint density at radius 3 is 2.58 bits per heavy atom. The molecule has 24 heavy (non-hydrogen) atoms. The Morgan fingerprint density at radius 1 is 1.29 bits per heavy atom. The number of oxazole rings is 1. The zero-order chi connectivity index (χ0) is 16.4. The Hall–Kier alpha value is -1.18. The normalized spacial score (nSPS) is 10.3. The minimum absolute atomic E-state index is 0. The molecule has 3 rings (SSSR count). The summed E-state index contributed by atoms with van der Waals surface area (Å²) in [6, 6.07) is 9.16. The molecule has 0 fully saturated rings. The summed E-state index contributed by atoms with van der Waals surface area (Å²) in [7, 11) is 0. The molecule has 4 nitrogen and oxygen atoms in total. The first-order valence-electron chi connectivity index (χ1n) is 6.80. The van der Waals surface area contributed by atoms with Crippen LogP contribution in [0.25, 0.3) is 22.1 Å². The molecule has 0 amide bonds. The zero-order valence-corrected chi connectivity index (χ0v) is 13.6. The van der Waals surface area contributed by atoms with Crippen LogP contribution in [-0.4, -0.2) is 40.5 Å². The van der Waals surface area contributed by atoms with Crippen LogP contribution in [0.2, 0.25) is 4.34 Å². The van der Waals surface area contributed by atoms with E-state index in [1.807, 2.05) is 0 Å². The van der Waals surface area contributed by atoms with Crippen LogP contribution in [0.3, 0.4) is 0 Å². The Balaban J connectivity index is 0.00000208. The predicted octanol–water partition coefficient (Wildman–Crippen LogP) is 4.53. The first-order chi connectivity index (χ1) is 11.1. The second kappa shape index (κ2) is 8.27. The average molecular weight is 376 g/mol. The molecule has 0 spiro atoms. The Labute approximate surface area is 168 Å². The quantitative estimate of drug-likeness (QED) is 0.496. The fourth-order valence-corrected chi connectivity index (χ4v) is 2.88. The number of esters is 1. The summed E-state index contributed by atoms with van der Waals surface area (Å²) in [5, 5.41) is 0. The van der Waals surface area contributed by atoms with E-state index in [1.54, 1.807) is 19.1 Å². The van der Waals surface area contributed by atoms with Gasteiger partial charge in [-0.2, -0.15) is 4.98 Å². The molecular weight excluding hydrogens is 364 g/mol. The summed E-state index contributed by atoms with van der Waals surface area (Å²) in [5.74, 6) is -0.141. The number of carbonyl (C=O) groups is 1. The second-order valence-electron chi connectivity index (χ2n) is 4.59. The monoisotopic (exact) mass is 375 g/mol. The third-order valence-corrected chi connectivity index (χ3v) is 4.21. The van der Waals surface area contributed by atoms with Gasteiger partial charge >= 0.3 is 35.5 Å². The van der Waals surface area contributed by atoms with E-state index < -0.39 is 5.97 Å². The van der Waals surface area contributed by atoms with Crippen LogP contribution in [-0.2, 0) is 4.79 Å². The summed E-state index contributed by atoms with van der Waals surface area (Å²) in [6.45, 7) is 1.69. The van der Waals surface area contributed by atoms with Gasteiger partial charge in [0.2, 0.25) is 11.7 Å². The van der Waals surface area contributed by atoms with Crippen LogP contribution in [0.15, 0.2) is 40.8 Å². The van der Waals surface area contributed by atoms with E-state index in [2.05, 4.69) is 4.98 Å². The van der Waals surface area contributed by atoms with Gasteiger partial charge in [-0.15, -0.1) is 11.3 Å². The zero-order valence-electron chi connectivity index (χ0n) is 12.0. The van der Waals surface area contributed by atoms with E-state index in [9.17, 15) is 9.18 Å². The van der Waals surface area contributed by atoms with Gasteiger partial charge in [0.05, 0.1) is 9.21 Å². The van der Waals surface area contributed by atoms with Crippen LogP contribution in [0.5, 0.6) is 5.88 Å². The van der Waals surface area contributed by atoms with Crippen molar-refractivity contribution in [1.82, 2.24) is 4.98 Å². The predicted molar refractivity (Wildman–Crippen MR) is 93.3 cm³/mol. The first-order valence-corrected chi connectivity index (χ1v) is 7.99. The molecule has 0 aliphatic rings. The third kappa shape index (κ3) is 4.26. The summed E-state index contributed by atoms with van der Waals surface area (Å²) in [4.78, 5) is 16.5. The van der Waals surface area contributed by atoms with Gasteiger partial charge in [-0.05, 0) is 36.4 Å². The van der Waals surface area contributed by atoms with Crippen molar-refractivity contribution in [1.29, 1.82) is 0 Å². The van der Waals surface area contributed by atoms with Crippen LogP contribution in [0, 0.1) is 5.82 Å². The SMILES string of the molecule is CCC(=O)Oc1nc(-c2ccc(F)cc2)oc1-c1ccc(Cl)s1.[NaH]. The Bertz CT molecular complexity index is 847. The van der Waals surface area contributed by atoms with Crippen molar-refractivity contribution in [2.75, 3.05) is 0 Å². The number of aromatic nitrogens is 1. The number of carbonyl (C=O) groups excluding carboxylic acids is 1. The topological polar surface area (TPSA) is 52.3 Å². The number of rotatable bonds is 4. The molecule has 0 saturated carbocycles. The van der Waals surface area contributed by atoms with Gasteiger partial charge in [0.25, 0.3) is 5.88 Å². The Morgan fingerprint density at radius 2 is 2.00 bits per heavy atom. The summed E-state index contributed by atoms with van der Waals surface area (Å²) in [5.41, 5.74) is 0.578. The molecule has 8 heteroatoms. The molecule has 0 radical (unpaired) electrons. The maximum absolute atomic E-state index is 13.0. The van der Waals surface area contributed by atoms with Crippen molar-refractivity contribution in [3.8, 4) is 28.0 Å². The van der Waals surface area contributed by atoms with Crippen molar-refractivity contribution < 1.29 is 18.3 Å². The second-order valence-corrected chi connectivity index (χ2v) is 6.31. The molecule has 120 valence electrons. The van der Waals surface area contributed by atoms with E-state index in [4.69, 9.17) is 20.8 Å². The molecule has 0 saturated heterocycles. The van der Waals surface area contributed by atoms with Gasteiger partial charge in [0.1, 0.15) is 5.82 Å². The summed E-state index contributed by atoms with van der Waals surface area (Å²) in [6.07, 6.45) is 0.212. The van der Waals surface area contributed by atoms with E-state index in [0.29, 0.717) is 20.5 Å². The minimum atomic E-state index is -0.423. The average Bonchev–Trinajstić information content (AvgIpc) is 3.14. The van der Waals surface area contributed by atoms with E-state index in [0.717, 1.165) is 0 Å². The van der Waals surface area contributed by atoms with Crippen molar-refractivity contribution in [3.63, 3.8) is 0 Å². The van der Waals surface area contributed by atoms with Gasteiger partial charge in [-0.3, -0.25) is 4.79 Å². The number of ether oxygens (including phenoxy) is 1. The number of hydrogen-bond donors (Lipinski definition) is 0. The van der Waals surface area contributed by atoms with E-state index in [1.165, 1.54) is 35.6 Å². The van der Waals surface area contributed by atoms with Crippen LogP contribution >= 0.6 is 22.9 Å². The molecule has 2 aromatic heterocycles. The molecule has 0 N–H and O–H groups in total. The molecule has 0 aliphatic heterocycles.